The first-order valence-corrected chi connectivity index (χ1v) is 8.08. The van der Waals surface area contributed by atoms with Gasteiger partial charge in [-0.2, -0.15) is 0 Å². The Balaban J connectivity index is 1.65. The second kappa shape index (κ2) is 8.18. The van der Waals surface area contributed by atoms with Crippen molar-refractivity contribution in [1.29, 1.82) is 0 Å². The molecule has 1 aliphatic rings. The van der Waals surface area contributed by atoms with Crippen LogP contribution in [-0.2, 0) is 0 Å². The lowest BCUT2D eigenvalue weighted by molar-refractivity contribution is 0.111. The summed E-state index contributed by atoms with van der Waals surface area (Å²) in [6.07, 6.45) is 4.41. The zero-order valence-corrected chi connectivity index (χ0v) is 13.3. The molecule has 1 saturated heterocycles. The molecule has 0 bridgehead atoms. The maximum absolute atomic E-state index is 10.9. The molecule has 0 spiro atoms. The number of aldehydes is 1. The highest BCUT2D eigenvalue weighted by atomic mass is 16.5. The van der Waals surface area contributed by atoms with Gasteiger partial charge in [0.25, 0.3) is 0 Å². The van der Waals surface area contributed by atoms with Crippen molar-refractivity contribution in [3.05, 3.63) is 29.8 Å². The molecule has 0 aromatic heterocycles. The number of unbranched alkanes of at least 4 members (excludes halogenated alkanes) is 1. The fraction of sp³-hybridized carbons (Fsp3) is 0.611. The highest BCUT2D eigenvalue weighted by molar-refractivity contribution is 5.79. The minimum Gasteiger partial charge on any atom is -0.493 e. The average Bonchev–Trinajstić information content (AvgIpc) is 2.46. The first kappa shape index (κ1) is 16.0. The summed E-state index contributed by atoms with van der Waals surface area (Å²) >= 11 is 0. The number of hydrogen-bond acceptors (Lipinski definition) is 3. The number of hydrogen-bond donors (Lipinski definition) is 0. The average molecular weight is 289 g/mol. The fourth-order valence-electron chi connectivity index (χ4n) is 3.30. The lowest BCUT2D eigenvalue weighted by Crippen LogP contribution is -2.39. The summed E-state index contributed by atoms with van der Waals surface area (Å²) in [5.74, 6) is 2.35. The smallest absolute Gasteiger partial charge is 0.153 e. The van der Waals surface area contributed by atoms with Gasteiger partial charge in [-0.15, -0.1) is 0 Å². The van der Waals surface area contributed by atoms with Crippen molar-refractivity contribution < 1.29 is 9.53 Å². The van der Waals surface area contributed by atoms with Crippen molar-refractivity contribution in [2.75, 3.05) is 26.2 Å². The minimum atomic E-state index is 0.635. The maximum Gasteiger partial charge on any atom is 0.153 e. The summed E-state index contributed by atoms with van der Waals surface area (Å²) in [5, 5.41) is 0. The molecule has 0 N–H and O–H groups in total. The molecule has 1 aromatic rings. The van der Waals surface area contributed by atoms with Crippen LogP contribution < -0.4 is 4.74 Å². The Morgan fingerprint density at radius 2 is 1.90 bits per heavy atom. The molecule has 21 heavy (non-hydrogen) atoms. The van der Waals surface area contributed by atoms with E-state index in [-0.39, 0.29) is 0 Å². The summed E-state index contributed by atoms with van der Waals surface area (Å²) in [4.78, 5) is 13.5. The van der Waals surface area contributed by atoms with E-state index in [0.29, 0.717) is 17.9 Å². The first-order chi connectivity index (χ1) is 10.2. The SMILES string of the molecule is C[C@@H]1C[C@H](C)CN(CCCCOc2ccccc2C=O)C1. The van der Waals surface area contributed by atoms with Gasteiger partial charge in [-0.1, -0.05) is 26.0 Å². The monoisotopic (exact) mass is 289 g/mol. The third-order valence-electron chi connectivity index (χ3n) is 4.12. The molecule has 3 nitrogen and oxygen atoms in total. The van der Waals surface area contributed by atoms with E-state index >= 15 is 0 Å². The number of ether oxygens (including phenoxy) is 1. The van der Waals surface area contributed by atoms with E-state index in [0.717, 1.165) is 37.5 Å². The van der Waals surface area contributed by atoms with Gasteiger partial charge in [0.15, 0.2) is 6.29 Å². The normalized spacial score (nSPS) is 23.0. The molecule has 0 aliphatic carbocycles. The fourth-order valence-corrected chi connectivity index (χ4v) is 3.30. The van der Waals surface area contributed by atoms with Gasteiger partial charge in [0.05, 0.1) is 12.2 Å². The Labute approximate surface area is 128 Å². The summed E-state index contributed by atoms with van der Waals surface area (Å²) in [6, 6.07) is 7.41. The number of para-hydroxylation sites is 1. The number of likely N-dealkylation sites (tertiary alicyclic amines) is 1. The van der Waals surface area contributed by atoms with Crippen molar-refractivity contribution in [1.82, 2.24) is 4.90 Å². The van der Waals surface area contributed by atoms with Crippen LogP contribution in [0.4, 0.5) is 0 Å². The number of nitrogens with zero attached hydrogens (tertiary/aromatic N) is 1. The summed E-state index contributed by atoms with van der Waals surface area (Å²) in [5.41, 5.74) is 0.635. The van der Waals surface area contributed by atoms with E-state index in [9.17, 15) is 4.79 Å². The Kier molecular flexibility index (Phi) is 6.24. The van der Waals surface area contributed by atoms with Crippen LogP contribution in [0.25, 0.3) is 0 Å². The van der Waals surface area contributed by atoms with Crippen molar-refractivity contribution in [3.8, 4) is 5.75 Å². The first-order valence-electron chi connectivity index (χ1n) is 8.08. The lowest BCUT2D eigenvalue weighted by Gasteiger charge is -2.34. The number of carbonyl (C=O) groups excluding carboxylic acids is 1. The molecule has 2 rings (SSSR count). The van der Waals surface area contributed by atoms with Crippen LogP contribution in [0.15, 0.2) is 24.3 Å². The second-order valence-corrected chi connectivity index (χ2v) is 6.42. The van der Waals surface area contributed by atoms with Crippen LogP contribution in [0.1, 0.15) is 43.5 Å². The topological polar surface area (TPSA) is 29.5 Å². The van der Waals surface area contributed by atoms with E-state index < -0.39 is 0 Å². The van der Waals surface area contributed by atoms with Crippen LogP contribution in [0.3, 0.4) is 0 Å². The molecule has 1 fully saturated rings. The van der Waals surface area contributed by atoms with E-state index in [1.807, 2.05) is 18.2 Å². The second-order valence-electron chi connectivity index (χ2n) is 6.42. The molecule has 1 heterocycles. The highest BCUT2D eigenvalue weighted by Gasteiger charge is 2.20. The largest absolute Gasteiger partial charge is 0.493 e. The van der Waals surface area contributed by atoms with Crippen LogP contribution in [0.2, 0.25) is 0 Å². The van der Waals surface area contributed by atoms with E-state index in [2.05, 4.69) is 18.7 Å². The van der Waals surface area contributed by atoms with Gasteiger partial charge in [-0.05, 0) is 49.8 Å². The van der Waals surface area contributed by atoms with Crippen molar-refractivity contribution >= 4 is 6.29 Å². The van der Waals surface area contributed by atoms with Crippen LogP contribution in [0, 0.1) is 11.8 Å². The Hall–Kier alpha value is -1.35. The third-order valence-corrected chi connectivity index (χ3v) is 4.12. The maximum atomic E-state index is 10.9. The number of rotatable bonds is 7. The molecule has 1 aromatic carbocycles. The van der Waals surface area contributed by atoms with E-state index in [1.165, 1.54) is 19.5 Å². The van der Waals surface area contributed by atoms with Gasteiger partial charge in [0.2, 0.25) is 0 Å². The lowest BCUT2D eigenvalue weighted by atomic mass is 9.92. The molecule has 1 aliphatic heterocycles. The van der Waals surface area contributed by atoms with Crippen molar-refractivity contribution in [2.45, 2.75) is 33.1 Å². The van der Waals surface area contributed by atoms with Gasteiger partial charge >= 0.3 is 0 Å². The molecule has 0 unspecified atom stereocenters. The number of piperidine rings is 1. The molecule has 0 amide bonds. The standard InChI is InChI=1S/C18H27NO2/c1-15-11-16(2)13-19(12-15)9-5-6-10-21-18-8-4-3-7-17(18)14-20/h3-4,7-8,14-16H,5-6,9-13H2,1-2H3/t15-,16+. The highest BCUT2D eigenvalue weighted by Crippen LogP contribution is 2.21. The molecule has 2 atom stereocenters. The van der Waals surface area contributed by atoms with E-state index in [1.54, 1.807) is 6.07 Å². The summed E-state index contributed by atoms with van der Waals surface area (Å²) < 4.78 is 5.71. The van der Waals surface area contributed by atoms with E-state index in [4.69, 9.17) is 4.74 Å². The molecular weight excluding hydrogens is 262 g/mol. The number of benzene rings is 1. The van der Waals surface area contributed by atoms with Crippen molar-refractivity contribution in [2.24, 2.45) is 11.8 Å². The Morgan fingerprint density at radius 1 is 1.19 bits per heavy atom. The molecule has 116 valence electrons. The number of carbonyl (C=O) groups is 1. The van der Waals surface area contributed by atoms with Gasteiger partial charge in [-0.3, -0.25) is 4.79 Å². The summed E-state index contributed by atoms with van der Waals surface area (Å²) in [6.45, 7) is 9.01. The molecule has 0 radical (unpaired) electrons. The Bertz CT molecular complexity index is 437. The van der Waals surface area contributed by atoms with Gasteiger partial charge in [-0.25, -0.2) is 0 Å². The van der Waals surface area contributed by atoms with Crippen molar-refractivity contribution in [3.63, 3.8) is 0 Å². The summed E-state index contributed by atoms with van der Waals surface area (Å²) in [7, 11) is 0. The van der Waals surface area contributed by atoms with Gasteiger partial charge in [0.1, 0.15) is 5.75 Å². The molecule has 3 heteroatoms. The molecule has 0 saturated carbocycles. The third kappa shape index (κ3) is 5.16. The van der Waals surface area contributed by atoms with Crippen LogP contribution in [-0.4, -0.2) is 37.4 Å². The van der Waals surface area contributed by atoms with Crippen LogP contribution in [0.5, 0.6) is 5.75 Å². The van der Waals surface area contributed by atoms with Gasteiger partial charge in [0, 0.05) is 13.1 Å². The Morgan fingerprint density at radius 3 is 2.62 bits per heavy atom. The molecular formula is C18H27NO2. The predicted molar refractivity (Wildman–Crippen MR) is 85.9 cm³/mol. The zero-order chi connectivity index (χ0) is 15.1. The predicted octanol–water partition coefficient (Wildman–Crippen LogP) is 3.64. The van der Waals surface area contributed by atoms with Gasteiger partial charge < -0.3 is 9.64 Å². The minimum absolute atomic E-state index is 0.635. The quantitative estimate of drug-likeness (QED) is 0.567. The zero-order valence-electron chi connectivity index (χ0n) is 13.3. The van der Waals surface area contributed by atoms with Crippen LogP contribution >= 0.6 is 0 Å².